The molecule has 100 valence electrons. The van der Waals surface area contributed by atoms with Gasteiger partial charge in [-0.25, -0.2) is 0 Å². The van der Waals surface area contributed by atoms with Crippen LogP contribution in [0.1, 0.15) is 17.5 Å². The first-order chi connectivity index (χ1) is 9.72. The van der Waals surface area contributed by atoms with Gasteiger partial charge in [0.2, 0.25) is 0 Å². The van der Waals surface area contributed by atoms with Crippen molar-refractivity contribution < 1.29 is 9.63 Å². The van der Waals surface area contributed by atoms with Crippen molar-refractivity contribution in [3.63, 3.8) is 0 Å². The van der Waals surface area contributed by atoms with Gasteiger partial charge >= 0.3 is 0 Å². The van der Waals surface area contributed by atoms with Crippen molar-refractivity contribution in [3.8, 4) is 0 Å². The van der Waals surface area contributed by atoms with Crippen LogP contribution in [0.15, 0.2) is 65.8 Å². The van der Waals surface area contributed by atoms with E-state index in [1.54, 1.807) is 0 Å². The van der Waals surface area contributed by atoms with Gasteiger partial charge in [0.15, 0.2) is 5.60 Å². The van der Waals surface area contributed by atoms with E-state index in [4.69, 9.17) is 16.4 Å². The molecule has 2 aromatic rings. The van der Waals surface area contributed by atoms with Crippen LogP contribution in [-0.4, -0.2) is 11.0 Å². The second-order valence-electron chi connectivity index (χ2n) is 4.64. The van der Waals surface area contributed by atoms with Gasteiger partial charge in [0.05, 0.1) is 0 Å². The summed E-state index contributed by atoms with van der Waals surface area (Å²) >= 11 is 5.54. The van der Waals surface area contributed by atoms with Gasteiger partial charge < -0.3 is 4.84 Å². The largest absolute Gasteiger partial charge is 0.379 e. The number of hydrogen-bond donors (Lipinski definition) is 0. The highest BCUT2D eigenvalue weighted by Crippen LogP contribution is 2.41. The second kappa shape index (κ2) is 5.10. The van der Waals surface area contributed by atoms with Crippen LogP contribution in [0.2, 0.25) is 0 Å². The molecule has 4 heteroatoms. The maximum Gasteiger partial charge on any atom is 0.270 e. The molecular formula is C16H12ClNO2. The predicted molar refractivity (Wildman–Crippen MR) is 77.7 cm³/mol. The standard InChI is InChI=1S/C16H12ClNO2/c17-15(19)14-11-16(20-18-14,12-7-3-1-4-8-12)13-9-5-2-6-10-13/h1-10H,11H2. The fraction of sp³-hybridized carbons (Fsp3) is 0.125. The van der Waals surface area contributed by atoms with E-state index in [0.717, 1.165) is 11.1 Å². The number of rotatable bonds is 3. The summed E-state index contributed by atoms with van der Waals surface area (Å²) in [6.07, 6.45) is 0.337. The summed E-state index contributed by atoms with van der Waals surface area (Å²) in [6, 6.07) is 19.5. The Labute approximate surface area is 121 Å². The summed E-state index contributed by atoms with van der Waals surface area (Å²) < 4.78 is 0. The van der Waals surface area contributed by atoms with Gasteiger partial charge in [0.1, 0.15) is 5.71 Å². The molecule has 1 aliphatic heterocycles. The highest BCUT2D eigenvalue weighted by atomic mass is 35.5. The normalized spacial score (nSPS) is 16.4. The van der Waals surface area contributed by atoms with Gasteiger partial charge in [-0.3, -0.25) is 4.79 Å². The number of halogens is 1. The lowest BCUT2D eigenvalue weighted by atomic mass is 9.83. The summed E-state index contributed by atoms with van der Waals surface area (Å²) in [5, 5.41) is 3.31. The maximum atomic E-state index is 11.4. The van der Waals surface area contributed by atoms with Crippen LogP contribution in [0.25, 0.3) is 0 Å². The molecule has 0 radical (unpaired) electrons. The molecule has 1 aliphatic rings. The number of hydrogen-bond acceptors (Lipinski definition) is 3. The van der Waals surface area contributed by atoms with Gasteiger partial charge in [-0.15, -0.1) is 0 Å². The zero-order valence-corrected chi connectivity index (χ0v) is 11.4. The molecule has 0 saturated carbocycles. The van der Waals surface area contributed by atoms with Crippen molar-refractivity contribution in [2.45, 2.75) is 12.0 Å². The fourth-order valence-corrected chi connectivity index (χ4v) is 2.53. The topological polar surface area (TPSA) is 38.7 Å². The lowest BCUT2D eigenvalue weighted by molar-refractivity contribution is -0.106. The lowest BCUT2D eigenvalue weighted by Crippen LogP contribution is -2.28. The number of carbonyl (C=O) groups is 1. The van der Waals surface area contributed by atoms with Gasteiger partial charge in [-0.2, -0.15) is 0 Å². The van der Waals surface area contributed by atoms with Crippen LogP contribution in [0.5, 0.6) is 0 Å². The summed E-state index contributed by atoms with van der Waals surface area (Å²) in [6.45, 7) is 0. The molecule has 0 aliphatic carbocycles. The van der Waals surface area contributed by atoms with Crippen LogP contribution in [0.3, 0.4) is 0 Å². The summed E-state index contributed by atoms with van der Waals surface area (Å²) in [7, 11) is 0. The molecule has 0 unspecified atom stereocenters. The smallest absolute Gasteiger partial charge is 0.270 e. The van der Waals surface area contributed by atoms with E-state index in [1.165, 1.54) is 0 Å². The van der Waals surface area contributed by atoms with E-state index < -0.39 is 10.8 Å². The first-order valence-electron chi connectivity index (χ1n) is 6.28. The minimum absolute atomic E-state index is 0.249. The highest BCUT2D eigenvalue weighted by Gasteiger charge is 2.44. The molecule has 20 heavy (non-hydrogen) atoms. The monoisotopic (exact) mass is 285 g/mol. The number of oxime groups is 1. The molecule has 2 aromatic carbocycles. The third-order valence-electron chi connectivity index (χ3n) is 3.44. The third kappa shape index (κ3) is 2.10. The molecule has 3 rings (SSSR count). The van der Waals surface area contributed by atoms with E-state index in [-0.39, 0.29) is 5.71 Å². The van der Waals surface area contributed by atoms with Crippen LogP contribution in [-0.2, 0) is 15.2 Å². The van der Waals surface area contributed by atoms with Crippen LogP contribution in [0, 0.1) is 0 Å². The average molecular weight is 286 g/mol. The summed E-state index contributed by atoms with van der Waals surface area (Å²) in [5.41, 5.74) is 1.37. The molecule has 3 nitrogen and oxygen atoms in total. The molecule has 0 saturated heterocycles. The number of nitrogens with zero attached hydrogens (tertiary/aromatic N) is 1. The van der Waals surface area contributed by atoms with Crippen molar-refractivity contribution in [1.82, 2.24) is 0 Å². The van der Waals surface area contributed by atoms with Crippen LogP contribution >= 0.6 is 11.6 Å². The Morgan fingerprint density at radius 3 is 1.90 bits per heavy atom. The van der Waals surface area contributed by atoms with E-state index in [2.05, 4.69) is 5.16 Å². The Morgan fingerprint density at radius 2 is 1.50 bits per heavy atom. The molecule has 0 fully saturated rings. The van der Waals surface area contributed by atoms with Gasteiger partial charge in [-0.05, 0) is 11.6 Å². The zero-order chi connectivity index (χ0) is 14.0. The Kier molecular flexibility index (Phi) is 3.28. The summed E-state index contributed by atoms with van der Waals surface area (Å²) in [5.74, 6) is 0. The molecule has 0 bridgehead atoms. The zero-order valence-electron chi connectivity index (χ0n) is 10.6. The second-order valence-corrected chi connectivity index (χ2v) is 4.98. The van der Waals surface area contributed by atoms with Crippen molar-refractivity contribution in [1.29, 1.82) is 0 Å². The lowest BCUT2D eigenvalue weighted by Gasteiger charge is -2.27. The quantitative estimate of drug-likeness (QED) is 0.810. The first-order valence-corrected chi connectivity index (χ1v) is 6.66. The van der Waals surface area contributed by atoms with E-state index in [9.17, 15) is 4.79 Å². The molecular weight excluding hydrogens is 274 g/mol. The number of carbonyl (C=O) groups excluding carboxylic acids is 1. The Morgan fingerprint density at radius 1 is 1.00 bits per heavy atom. The Balaban J connectivity index is 2.09. The van der Waals surface area contributed by atoms with Crippen LogP contribution < -0.4 is 0 Å². The first kappa shape index (κ1) is 12.9. The van der Waals surface area contributed by atoms with E-state index >= 15 is 0 Å². The van der Waals surface area contributed by atoms with Crippen LogP contribution in [0.4, 0.5) is 0 Å². The average Bonchev–Trinajstić information content (AvgIpc) is 2.96. The van der Waals surface area contributed by atoms with Crippen molar-refractivity contribution >= 4 is 22.6 Å². The minimum atomic E-state index is -0.775. The number of benzene rings is 2. The van der Waals surface area contributed by atoms with Crippen molar-refractivity contribution in [3.05, 3.63) is 71.8 Å². The Hall–Kier alpha value is -2.13. The fourth-order valence-electron chi connectivity index (χ4n) is 2.43. The maximum absolute atomic E-state index is 11.4. The molecule has 0 N–H and O–H groups in total. The molecule has 0 atom stereocenters. The van der Waals surface area contributed by atoms with Gasteiger partial charge in [0, 0.05) is 17.5 Å². The molecule has 0 aromatic heterocycles. The minimum Gasteiger partial charge on any atom is -0.379 e. The third-order valence-corrected chi connectivity index (χ3v) is 3.65. The predicted octanol–water partition coefficient (Wildman–Crippen LogP) is 3.47. The van der Waals surface area contributed by atoms with Gasteiger partial charge in [0.25, 0.3) is 5.24 Å². The molecule has 0 spiro atoms. The highest BCUT2D eigenvalue weighted by molar-refractivity contribution is 6.82. The Bertz CT molecular complexity index is 613. The van der Waals surface area contributed by atoms with E-state index in [1.807, 2.05) is 60.7 Å². The molecule has 0 amide bonds. The van der Waals surface area contributed by atoms with E-state index in [0.29, 0.717) is 6.42 Å². The van der Waals surface area contributed by atoms with Gasteiger partial charge in [-0.1, -0.05) is 65.8 Å². The molecule has 1 heterocycles. The van der Waals surface area contributed by atoms with Crippen molar-refractivity contribution in [2.24, 2.45) is 5.16 Å². The van der Waals surface area contributed by atoms with Crippen molar-refractivity contribution in [2.75, 3.05) is 0 Å². The summed E-state index contributed by atoms with van der Waals surface area (Å²) in [4.78, 5) is 17.0. The SMILES string of the molecule is O=C(Cl)C1=NOC(c2ccccc2)(c2ccccc2)C1.